The molecule has 0 amide bonds. The average Bonchev–Trinajstić information content (AvgIpc) is 2.68. The van der Waals surface area contributed by atoms with E-state index in [4.69, 9.17) is 0 Å². The van der Waals surface area contributed by atoms with Crippen LogP contribution in [0.2, 0.25) is 0 Å². The molecule has 0 spiro atoms. The van der Waals surface area contributed by atoms with Gasteiger partial charge >= 0.3 is 0 Å². The molecule has 0 radical (unpaired) electrons. The largest absolute Gasteiger partial charge is 0.311 e. The Bertz CT molecular complexity index is 829. The summed E-state index contributed by atoms with van der Waals surface area (Å²) in [5, 5.41) is 0. The van der Waals surface area contributed by atoms with Crippen LogP contribution in [0.3, 0.4) is 0 Å². The van der Waals surface area contributed by atoms with Crippen LogP contribution < -0.4 is 4.90 Å². The first kappa shape index (κ1) is 20.3. The van der Waals surface area contributed by atoms with Gasteiger partial charge in [0.25, 0.3) is 0 Å². The number of hydrogen-bond donors (Lipinski definition) is 0. The summed E-state index contributed by atoms with van der Waals surface area (Å²) in [7, 11) is 0. The van der Waals surface area contributed by atoms with E-state index in [1.54, 1.807) is 0 Å². The highest BCUT2D eigenvalue weighted by Gasteiger charge is 2.13. The van der Waals surface area contributed by atoms with Gasteiger partial charge in [0.15, 0.2) is 0 Å². The SMILES string of the molecule is C=CC(=CC(=C)C(C)=CC=CC)N(c1ccc(C)cc1)c1ccc(C)cc1. The van der Waals surface area contributed by atoms with Gasteiger partial charge in [0.2, 0.25) is 0 Å². The Hall–Kier alpha value is -3.06. The highest BCUT2D eigenvalue weighted by atomic mass is 15.1. The van der Waals surface area contributed by atoms with E-state index in [0.717, 1.165) is 28.2 Å². The third kappa shape index (κ3) is 5.46. The summed E-state index contributed by atoms with van der Waals surface area (Å²) in [6.45, 7) is 16.6. The van der Waals surface area contributed by atoms with E-state index in [9.17, 15) is 0 Å². The quantitative estimate of drug-likeness (QED) is 0.462. The summed E-state index contributed by atoms with van der Waals surface area (Å²) in [4.78, 5) is 2.21. The van der Waals surface area contributed by atoms with Crippen LogP contribution in [-0.2, 0) is 0 Å². The van der Waals surface area contributed by atoms with Gasteiger partial charge < -0.3 is 4.90 Å². The van der Waals surface area contributed by atoms with E-state index in [2.05, 4.69) is 99.5 Å². The minimum Gasteiger partial charge on any atom is -0.311 e. The smallest absolute Gasteiger partial charge is 0.0461 e. The van der Waals surface area contributed by atoms with Gasteiger partial charge in [-0.15, -0.1) is 0 Å². The normalized spacial score (nSPS) is 12.3. The fraction of sp³-hybridized carbons (Fsp3) is 0.154. The maximum absolute atomic E-state index is 4.24. The van der Waals surface area contributed by atoms with Crippen LogP contribution in [0.5, 0.6) is 0 Å². The summed E-state index contributed by atoms with van der Waals surface area (Å²) < 4.78 is 0. The summed E-state index contributed by atoms with van der Waals surface area (Å²) in [6.07, 6.45) is 10.1. The van der Waals surface area contributed by atoms with Crippen LogP contribution in [0.4, 0.5) is 11.4 Å². The zero-order valence-corrected chi connectivity index (χ0v) is 16.9. The van der Waals surface area contributed by atoms with Crippen molar-refractivity contribution in [2.45, 2.75) is 27.7 Å². The molecule has 0 aliphatic heterocycles. The van der Waals surface area contributed by atoms with Crippen LogP contribution in [0, 0.1) is 13.8 Å². The number of benzene rings is 2. The number of nitrogens with zero attached hydrogens (tertiary/aromatic N) is 1. The van der Waals surface area contributed by atoms with Crippen molar-refractivity contribution in [3.63, 3.8) is 0 Å². The van der Waals surface area contributed by atoms with Gasteiger partial charge in [-0.1, -0.05) is 66.8 Å². The van der Waals surface area contributed by atoms with Gasteiger partial charge in [-0.05, 0) is 75.3 Å². The molecule has 0 fully saturated rings. The molecule has 0 unspecified atom stereocenters. The number of rotatable bonds is 7. The van der Waals surface area contributed by atoms with Crippen molar-refractivity contribution >= 4 is 11.4 Å². The van der Waals surface area contributed by atoms with Gasteiger partial charge in [0.05, 0.1) is 0 Å². The van der Waals surface area contributed by atoms with E-state index in [-0.39, 0.29) is 0 Å². The van der Waals surface area contributed by atoms with E-state index >= 15 is 0 Å². The van der Waals surface area contributed by atoms with Gasteiger partial charge in [0.1, 0.15) is 0 Å². The second-order valence-electron chi connectivity index (χ2n) is 6.68. The summed E-state index contributed by atoms with van der Waals surface area (Å²) in [6, 6.07) is 17.1. The van der Waals surface area contributed by atoms with Crippen LogP contribution in [0.25, 0.3) is 0 Å². The molecule has 138 valence electrons. The number of hydrogen-bond acceptors (Lipinski definition) is 1. The number of aryl methyl sites for hydroxylation is 2. The molecule has 0 heterocycles. The summed E-state index contributed by atoms with van der Waals surface area (Å²) in [5.41, 5.74) is 7.74. The second kappa shape index (κ2) is 9.59. The van der Waals surface area contributed by atoms with Gasteiger partial charge in [-0.3, -0.25) is 0 Å². The summed E-state index contributed by atoms with van der Waals surface area (Å²) in [5.74, 6) is 0. The molecule has 1 nitrogen and oxygen atoms in total. The Morgan fingerprint density at radius 1 is 0.889 bits per heavy atom. The Morgan fingerprint density at radius 2 is 1.37 bits per heavy atom. The van der Waals surface area contributed by atoms with Crippen molar-refractivity contribution in [3.8, 4) is 0 Å². The van der Waals surface area contributed by atoms with E-state index in [0.29, 0.717) is 0 Å². The first-order valence-corrected chi connectivity index (χ1v) is 9.22. The zero-order chi connectivity index (χ0) is 19.8. The maximum atomic E-state index is 4.24. The Kier molecular flexibility index (Phi) is 7.19. The molecule has 2 rings (SSSR count). The van der Waals surface area contributed by atoms with Crippen LogP contribution in [-0.4, -0.2) is 0 Å². The third-order valence-electron chi connectivity index (χ3n) is 4.42. The molecule has 0 aromatic heterocycles. The lowest BCUT2D eigenvalue weighted by molar-refractivity contribution is 1.19. The second-order valence-corrected chi connectivity index (χ2v) is 6.68. The number of allylic oxidation sites excluding steroid dienone is 7. The standard InChI is InChI=1S/C26H29N/c1-7-9-10-22(5)23(6)19-24(8-2)27(25-15-11-20(3)12-16-25)26-17-13-21(4)14-18-26/h7-19H,2,6H2,1,3-5H3. The Morgan fingerprint density at radius 3 is 1.78 bits per heavy atom. The first-order chi connectivity index (χ1) is 13.0. The number of anilines is 2. The minimum absolute atomic E-state index is 0.965. The molecule has 27 heavy (non-hydrogen) atoms. The van der Waals surface area contributed by atoms with Crippen molar-refractivity contribution in [1.82, 2.24) is 0 Å². The lowest BCUT2D eigenvalue weighted by atomic mass is 10.1. The van der Waals surface area contributed by atoms with E-state index in [1.165, 1.54) is 11.1 Å². The molecule has 0 atom stereocenters. The lowest BCUT2D eigenvalue weighted by Gasteiger charge is -2.27. The maximum Gasteiger partial charge on any atom is 0.0461 e. The van der Waals surface area contributed by atoms with Crippen molar-refractivity contribution in [2.24, 2.45) is 0 Å². The molecular formula is C26H29N. The van der Waals surface area contributed by atoms with Crippen LogP contribution in [0.15, 0.2) is 109 Å². The molecule has 0 bridgehead atoms. The van der Waals surface area contributed by atoms with E-state index < -0.39 is 0 Å². The van der Waals surface area contributed by atoms with Crippen molar-refractivity contribution < 1.29 is 0 Å². The molecule has 0 N–H and O–H groups in total. The third-order valence-corrected chi connectivity index (χ3v) is 4.42. The van der Waals surface area contributed by atoms with Crippen molar-refractivity contribution in [1.29, 1.82) is 0 Å². The van der Waals surface area contributed by atoms with Gasteiger partial charge in [-0.2, -0.15) is 0 Å². The molecule has 0 saturated carbocycles. The van der Waals surface area contributed by atoms with Gasteiger partial charge in [0, 0.05) is 17.1 Å². The van der Waals surface area contributed by atoms with Crippen LogP contribution >= 0.6 is 0 Å². The minimum atomic E-state index is 0.965. The fourth-order valence-corrected chi connectivity index (χ4v) is 2.69. The van der Waals surface area contributed by atoms with Gasteiger partial charge in [-0.25, -0.2) is 0 Å². The predicted molar refractivity (Wildman–Crippen MR) is 120 cm³/mol. The monoisotopic (exact) mass is 355 g/mol. The molecule has 1 heteroatoms. The lowest BCUT2D eigenvalue weighted by Crippen LogP contribution is -2.15. The average molecular weight is 356 g/mol. The fourth-order valence-electron chi connectivity index (χ4n) is 2.69. The molecule has 0 aliphatic rings. The molecule has 0 aliphatic carbocycles. The highest BCUT2D eigenvalue weighted by molar-refractivity contribution is 5.71. The predicted octanol–water partition coefficient (Wildman–Crippen LogP) is 7.59. The topological polar surface area (TPSA) is 3.24 Å². The molecule has 2 aromatic carbocycles. The van der Waals surface area contributed by atoms with Crippen molar-refractivity contribution in [2.75, 3.05) is 4.90 Å². The summed E-state index contributed by atoms with van der Waals surface area (Å²) >= 11 is 0. The molecule has 2 aromatic rings. The Labute approximate surface area is 164 Å². The Balaban J connectivity index is 2.54. The first-order valence-electron chi connectivity index (χ1n) is 9.22. The van der Waals surface area contributed by atoms with Crippen LogP contribution in [0.1, 0.15) is 25.0 Å². The highest BCUT2D eigenvalue weighted by Crippen LogP contribution is 2.31. The molecule has 0 saturated heterocycles. The van der Waals surface area contributed by atoms with E-state index in [1.807, 2.05) is 25.2 Å². The molecular weight excluding hydrogens is 326 g/mol. The van der Waals surface area contributed by atoms with Crippen molar-refractivity contribution in [3.05, 3.63) is 120 Å². The zero-order valence-electron chi connectivity index (χ0n) is 16.9.